The maximum absolute atomic E-state index is 12.2. The van der Waals surface area contributed by atoms with Crippen LogP contribution in [0.25, 0.3) is 0 Å². The number of rotatable bonds is 7. The number of benzene rings is 1. The minimum atomic E-state index is -4.68. The van der Waals surface area contributed by atoms with E-state index in [9.17, 15) is 13.2 Å². The number of ether oxygens (including phenoxy) is 1. The van der Waals surface area contributed by atoms with E-state index in [1.165, 1.54) is 18.2 Å². The van der Waals surface area contributed by atoms with Gasteiger partial charge in [-0.05, 0) is 44.4 Å². The Morgan fingerprint density at radius 1 is 1.30 bits per heavy atom. The maximum atomic E-state index is 12.2. The fraction of sp³-hybridized carbons (Fsp3) is 0.571. The van der Waals surface area contributed by atoms with Crippen LogP contribution in [0.5, 0.6) is 5.75 Å². The summed E-state index contributed by atoms with van der Waals surface area (Å²) in [5, 5.41) is 12.0. The van der Waals surface area contributed by atoms with Gasteiger partial charge in [-0.15, -0.1) is 13.2 Å². The molecular formula is C14H20F3NO2. The third-order valence-corrected chi connectivity index (χ3v) is 2.92. The van der Waals surface area contributed by atoms with E-state index in [4.69, 9.17) is 5.11 Å². The van der Waals surface area contributed by atoms with Crippen LogP contribution in [0.1, 0.15) is 38.3 Å². The number of aliphatic hydroxyl groups excluding tert-OH is 1. The van der Waals surface area contributed by atoms with Gasteiger partial charge in [-0.2, -0.15) is 0 Å². The predicted octanol–water partition coefficient (Wildman–Crippen LogP) is 3.40. The fourth-order valence-corrected chi connectivity index (χ4v) is 1.98. The Morgan fingerprint density at radius 3 is 2.60 bits per heavy atom. The summed E-state index contributed by atoms with van der Waals surface area (Å²) in [6.45, 7) is 3.99. The minimum absolute atomic E-state index is 0.0968. The lowest BCUT2D eigenvalue weighted by Gasteiger charge is -2.21. The number of hydrogen-bond acceptors (Lipinski definition) is 3. The zero-order valence-corrected chi connectivity index (χ0v) is 11.6. The van der Waals surface area contributed by atoms with E-state index < -0.39 is 6.36 Å². The van der Waals surface area contributed by atoms with E-state index in [0.717, 1.165) is 12.0 Å². The van der Waals surface area contributed by atoms with Crippen LogP contribution in [0, 0.1) is 0 Å². The first-order chi connectivity index (χ1) is 9.31. The highest BCUT2D eigenvalue weighted by Gasteiger charge is 2.31. The van der Waals surface area contributed by atoms with Crippen LogP contribution < -0.4 is 10.1 Å². The summed E-state index contributed by atoms with van der Waals surface area (Å²) in [7, 11) is 0. The van der Waals surface area contributed by atoms with Crippen molar-refractivity contribution in [1.82, 2.24) is 5.32 Å². The Balaban J connectivity index is 2.64. The second kappa shape index (κ2) is 7.50. The molecule has 1 aromatic rings. The molecule has 1 aromatic carbocycles. The zero-order valence-electron chi connectivity index (χ0n) is 11.6. The normalized spacial score (nSPS) is 14.9. The van der Waals surface area contributed by atoms with Crippen molar-refractivity contribution >= 4 is 0 Å². The molecule has 0 aliphatic rings. The van der Waals surface area contributed by atoms with Crippen LogP contribution in [0.15, 0.2) is 24.3 Å². The lowest BCUT2D eigenvalue weighted by molar-refractivity contribution is -0.274. The van der Waals surface area contributed by atoms with Crippen LogP contribution >= 0.6 is 0 Å². The molecule has 0 aromatic heterocycles. The highest BCUT2D eigenvalue weighted by atomic mass is 19.4. The van der Waals surface area contributed by atoms with Gasteiger partial charge in [0.1, 0.15) is 5.75 Å². The summed E-state index contributed by atoms with van der Waals surface area (Å²) in [6, 6.07) is 6.01. The van der Waals surface area contributed by atoms with E-state index in [1.54, 1.807) is 6.07 Å². The third-order valence-electron chi connectivity index (χ3n) is 2.92. The lowest BCUT2D eigenvalue weighted by atomic mass is 10.1. The zero-order chi connectivity index (χ0) is 15.2. The first kappa shape index (κ1) is 16.8. The summed E-state index contributed by atoms with van der Waals surface area (Å²) in [5.41, 5.74) is 0.725. The van der Waals surface area contributed by atoms with Gasteiger partial charge >= 0.3 is 6.36 Å². The van der Waals surface area contributed by atoms with Gasteiger partial charge in [0.2, 0.25) is 0 Å². The van der Waals surface area contributed by atoms with Gasteiger partial charge in [-0.25, -0.2) is 0 Å². The molecule has 2 N–H and O–H groups in total. The van der Waals surface area contributed by atoms with Crippen molar-refractivity contribution in [3.63, 3.8) is 0 Å². The van der Waals surface area contributed by atoms with Crippen LogP contribution in [0.4, 0.5) is 13.2 Å². The van der Waals surface area contributed by atoms with Crippen LogP contribution in [0.2, 0.25) is 0 Å². The predicted molar refractivity (Wildman–Crippen MR) is 70.5 cm³/mol. The Morgan fingerprint density at radius 2 is 2.00 bits per heavy atom. The maximum Gasteiger partial charge on any atom is 0.573 e. The number of nitrogens with one attached hydrogen (secondary N) is 1. The van der Waals surface area contributed by atoms with Crippen molar-refractivity contribution in [3.05, 3.63) is 29.8 Å². The van der Waals surface area contributed by atoms with Gasteiger partial charge in [-0.3, -0.25) is 0 Å². The summed E-state index contributed by atoms with van der Waals surface area (Å²) in [5.74, 6) is -0.216. The molecule has 0 heterocycles. The highest BCUT2D eigenvalue weighted by molar-refractivity contribution is 5.30. The van der Waals surface area contributed by atoms with Crippen molar-refractivity contribution in [2.45, 2.75) is 45.1 Å². The van der Waals surface area contributed by atoms with Crippen molar-refractivity contribution in [2.24, 2.45) is 0 Å². The van der Waals surface area contributed by atoms with Gasteiger partial charge < -0.3 is 15.2 Å². The van der Waals surface area contributed by atoms with Crippen LogP contribution in [0.3, 0.4) is 0 Å². The molecule has 1 rings (SSSR count). The molecular weight excluding hydrogens is 271 g/mol. The molecule has 0 radical (unpaired) electrons. The molecule has 3 nitrogen and oxygen atoms in total. The van der Waals surface area contributed by atoms with Crippen LogP contribution in [-0.2, 0) is 0 Å². The topological polar surface area (TPSA) is 41.5 Å². The Kier molecular flexibility index (Phi) is 6.29. The SMILES string of the molecule is CC(CCCO)NC(C)c1cccc(OC(F)(F)F)c1. The molecule has 20 heavy (non-hydrogen) atoms. The molecule has 0 saturated carbocycles. The van der Waals surface area contributed by atoms with Crippen molar-refractivity contribution < 1.29 is 23.0 Å². The summed E-state index contributed by atoms with van der Waals surface area (Å²) < 4.78 is 40.4. The largest absolute Gasteiger partial charge is 0.573 e. The van der Waals surface area contributed by atoms with E-state index >= 15 is 0 Å². The fourth-order valence-electron chi connectivity index (χ4n) is 1.98. The highest BCUT2D eigenvalue weighted by Crippen LogP contribution is 2.25. The second-order valence-corrected chi connectivity index (χ2v) is 4.78. The molecule has 0 aliphatic heterocycles. The van der Waals surface area contributed by atoms with Gasteiger partial charge in [0.15, 0.2) is 0 Å². The van der Waals surface area contributed by atoms with Gasteiger partial charge in [0, 0.05) is 18.7 Å². The standard InChI is InChI=1S/C14H20F3NO2/c1-10(5-4-8-19)18-11(2)12-6-3-7-13(9-12)20-14(15,16)17/h3,6-7,9-11,18-19H,4-5,8H2,1-2H3. The molecule has 0 aliphatic carbocycles. The van der Waals surface area contributed by atoms with E-state index in [0.29, 0.717) is 6.42 Å². The molecule has 0 amide bonds. The molecule has 0 spiro atoms. The average molecular weight is 291 g/mol. The van der Waals surface area contributed by atoms with E-state index in [-0.39, 0.29) is 24.4 Å². The first-order valence-electron chi connectivity index (χ1n) is 6.54. The molecule has 0 bridgehead atoms. The van der Waals surface area contributed by atoms with Crippen molar-refractivity contribution in [3.8, 4) is 5.75 Å². The Hall–Kier alpha value is -1.27. The smallest absolute Gasteiger partial charge is 0.406 e. The molecule has 114 valence electrons. The summed E-state index contributed by atoms with van der Waals surface area (Å²) in [4.78, 5) is 0. The number of hydrogen-bond donors (Lipinski definition) is 2. The quantitative estimate of drug-likeness (QED) is 0.809. The minimum Gasteiger partial charge on any atom is -0.406 e. The summed E-state index contributed by atoms with van der Waals surface area (Å²) in [6.07, 6.45) is -3.18. The van der Waals surface area contributed by atoms with E-state index in [1.807, 2.05) is 13.8 Å². The van der Waals surface area contributed by atoms with Crippen LogP contribution in [-0.4, -0.2) is 24.1 Å². The molecule has 6 heteroatoms. The molecule has 0 saturated heterocycles. The van der Waals surface area contributed by atoms with Gasteiger partial charge in [0.25, 0.3) is 0 Å². The second-order valence-electron chi connectivity index (χ2n) is 4.78. The van der Waals surface area contributed by atoms with Gasteiger partial charge in [0.05, 0.1) is 0 Å². The Bertz CT molecular complexity index is 410. The number of halogens is 3. The van der Waals surface area contributed by atoms with Crippen molar-refractivity contribution in [1.29, 1.82) is 0 Å². The van der Waals surface area contributed by atoms with Gasteiger partial charge in [-0.1, -0.05) is 12.1 Å². The Labute approximate surface area is 116 Å². The van der Waals surface area contributed by atoms with Crippen molar-refractivity contribution in [2.75, 3.05) is 6.61 Å². The lowest BCUT2D eigenvalue weighted by Crippen LogP contribution is -2.29. The first-order valence-corrected chi connectivity index (χ1v) is 6.54. The third kappa shape index (κ3) is 6.25. The molecule has 2 unspecified atom stereocenters. The molecule has 2 atom stereocenters. The average Bonchev–Trinajstić information content (AvgIpc) is 2.34. The monoisotopic (exact) mass is 291 g/mol. The number of aliphatic hydroxyl groups is 1. The molecule has 0 fully saturated rings. The van der Waals surface area contributed by atoms with E-state index in [2.05, 4.69) is 10.1 Å². The number of alkyl halides is 3. The summed E-state index contributed by atoms with van der Waals surface area (Å²) >= 11 is 0.